The van der Waals surface area contributed by atoms with Gasteiger partial charge in [0.2, 0.25) is 0 Å². The number of hydrogen-bond acceptors (Lipinski definition) is 5. The lowest BCUT2D eigenvalue weighted by molar-refractivity contribution is -0.384. The maximum Gasteiger partial charge on any atom is 0.293 e. The summed E-state index contributed by atoms with van der Waals surface area (Å²) in [6.07, 6.45) is 0.611. The number of rotatable bonds is 5. The van der Waals surface area contributed by atoms with Gasteiger partial charge in [0.1, 0.15) is 12.0 Å². The van der Waals surface area contributed by atoms with Gasteiger partial charge in [0.05, 0.1) is 11.0 Å². The van der Waals surface area contributed by atoms with E-state index in [1.165, 1.54) is 6.07 Å². The van der Waals surface area contributed by atoms with Crippen LogP contribution in [0.5, 0.6) is 0 Å². The largest absolute Gasteiger partial charge is 0.361 e. The van der Waals surface area contributed by atoms with Crippen molar-refractivity contribution in [1.82, 2.24) is 0 Å². The second-order valence-corrected chi connectivity index (χ2v) is 5.40. The molecule has 20 heavy (non-hydrogen) atoms. The Kier molecular flexibility index (Phi) is 4.14. The summed E-state index contributed by atoms with van der Waals surface area (Å²) in [5.74, 6) is 0. The molecule has 0 N–H and O–H groups in total. The number of nitrogens with zero attached hydrogens (tertiary/aromatic N) is 2. The van der Waals surface area contributed by atoms with Crippen molar-refractivity contribution >= 4 is 29.0 Å². The van der Waals surface area contributed by atoms with Crippen LogP contribution in [0.1, 0.15) is 28.2 Å². The van der Waals surface area contributed by atoms with E-state index in [9.17, 15) is 14.9 Å². The molecule has 0 aliphatic rings. The molecular weight excluding hydrogens is 276 g/mol. The summed E-state index contributed by atoms with van der Waals surface area (Å²) in [6.45, 7) is 1.99. The average Bonchev–Trinajstić information content (AvgIpc) is 2.99. The number of hydrogen-bond donors (Lipinski definition) is 0. The van der Waals surface area contributed by atoms with Crippen LogP contribution in [0, 0.1) is 10.1 Å². The Morgan fingerprint density at radius 3 is 2.70 bits per heavy atom. The van der Waals surface area contributed by atoms with E-state index in [-0.39, 0.29) is 11.7 Å². The molecule has 0 fully saturated rings. The minimum atomic E-state index is -0.458. The molecule has 1 aromatic heterocycles. The monoisotopic (exact) mass is 290 g/mol. The highest BCUT2D eigenvalue weighted by Gasteiger charge is 2.22. The zero-order valence-electron chi connectivity index (χ0n) is 11.1. The molecule has 104 valence electrons. The Bertz CT molecular complexity index is 625. The van der Waals surface area contributed by atoms with Crippen molar-refractivity contribution in [3.8, 4) is 0 Å². The smallest absolute Gasteiger partial charge is 0.293 e. The van der Waals surface area contributed by atoms with Gasteiger partial charge in [-0.2, -0.15) is 0 Å². The number of carbonyl (C=O) groups is 1. The average molecular weight is 290 g/mol. The van der Waals surface area contributed by atoms with Crippen LogP contribution in [0.2, 0.25) is 0 Å². The molecule has 1 unspecified atom stereocenters. The van der Waals surface area contributed by atoms with Crippen molar-refractivity contribution in [3.63, 3.8) is 0 Å². The SMILES string of the molecule is CC(c1cccs1)N(C)c1ccc(C=O)cc1[N+](=O)[O-]. The molecule has 0 aliphatic heterocycles. The summed E-state index contributed by atoms with van der Waals surface area (Å²) in [5, 5.41) is 13.1. The molecule has 1 aromatic carbocycles. The van der Waals surface area contributed by atoms with E-state index in [4.69, 9.17) is 0 Å². The maximum atomic E-state index is 11.2. The molecule has 5 nitrogen and oxygen atoms in total. The van der Waals surface area contributed by atoms with Gasteiger partial charge in [-0.1, -0.05) is 6.07 Å². The summed E-state index contributed by atoms with van der Waals surface area (Å²) >= 11 is 1.61. The van der Waals surface area contributed by atoms with Crippen LogP contribution in [-0.4, -0.2) is 18.3 Å². The van der Waals surface area contributed by atoms with Gasteiger partial charge < -0.3 is 4.90 Å². The fraction of sp³-hybridized carbons (Fsp3) is 0.214. The predicted molar refractivity (Wildman–Crippen MR) is 79.6 cm³/mol. The first-order chi connectivity index (χ1) is 9.54. The third-order valence-electron chi connectivity index (χ3n) is 3.25. The number of aldehydes is 1. The zero-order valence-corrected chi connectivity index (χ0v) is 12.0. The third kappa shape index (κ3) is 2.70. The number of carbonyl (C=O) groups excluding carboxylic acids is 1. The molecule has 6 heteroatoms. The van der Waals surface area contributed by atoms with Crippen LogP contribution in [-0.2, 0) is 0 Å². The summed E-state index contributed by atoms with van der Waals surface area (Å²) in [6, 6.07) is 8.49. The first-order valence-electron chi connectivity index (χ1n) is 6.04. The van der Waals surface area contributed by atoms with Crippen LogP contribution in [0.3, 0.4) is 0 Å². The molecule has 0 spiro atoms. The van der Waals surface area contributed by atoms with Crippen LogP contribution in [0.4, 0.5) is 11.4 Å². The van der Waals surface area contributed by atoms with E-state index >= 15 is 0 Å². The van der Waals surface area contributed by atoms with E-state index in [1.54, 1.807) is 23.5 Å². The van der Waals surface area contributed by atoms with E-state index in [2.05, 4.69) is 0 Å². The van der Waals surface area contributed by atoms with Crippen molar-refractivity contribution in [2.45, 2.75) is 13.0 Å². The van der Waals surface area contributed by atoms with Gasteiger partial charge >= 0.3 is 0 Å². The van der Waals surface area contributed by atoms with Gasteiger partial charge in [-0.3, -0.25) is 14.9 Å². The van der Waals surface area contributed by atoms with Crippen molar-refractivity contribution in [1.29, 1.82) is 0 Å². The van der Waals surface area contributed by atoms with Gasteiger partial charge in [-0.25, -0.2) is 0 Å². The molecule has 1 atom stereocenters. The Hall–Kier alpha value is -2.21. The molecule has 2 rings (SSSR count). The molecule has 0 bridgehead atoms. The number of nitro benzene ring substituents is 1. The molecule has 0 amide bonds. The quantitative estimate of drug-likeness (QED) is 0.479. The van der Waals surface area contributed by atoms with Crippen LogP contribution in [0.25, 0.3) is 0 Å². The summed E-state index contributed by atoms with van der Waals surface area (Å²) in [5.41, 5.74) is 0.750. The molecule has 0 saturated carbocycles. The lowest BCUT2D eigenvalue weighted by Crippen LogP contribution is -2.21. The molecule has 2 aromatic rings. The first kappa shape index (κ1) is 14.2. The summed E-state index contributed by atoms with van der Waals surface area (Å²) in [7, 11) is 1.81. The molecular formula is C14H14N2O3S. The van der Waals surface area contributed by atoms with Crippen molar-refractivity contribution in [2.75, 3.05) is 11.9 Å². The van der Waals surface area contributed by atoms with Crippen molar-refractivity contribution < 1.29 is 9.72 Å². The number of anilines is 1. The number of benzene rings is 1. The molecule has 1 heterocycles. The second kappa shape index (κ2) is 5.83. The van der Waals surface area contributed by atoms with Gasteiger partial charge in [0.15, 0.2) is 0 Å². The fourth-order valence-corrected chi connectivity index (χ4v) is 2.81. The molecule has 0 aliphatic carbocycles. The van der Waals surface area contributed by atoms with Gasteiger partial charge in [0.25, 0.3) is 5.69 Å². The fourth-order valence-electron chi connectivity index (χ4n) is 1.99. The highest BCUT2D eigenvalue weighted by Crippen LogP contribution is 2.34. The summed E-state index contributed by atoms with van der Waals surface area (Å²) < 4.78 is 0. The van der Waals surface area contributed by atoms with Crippen LogP contribution >= 0.6 is 11.3 Å². The third-order valence-corrected chi connectivity index (χ3v) is 4.29. The van der Waals surface area contributed by atoms with Gasteiger partial charge in [-0.15, -0.1) is 11.3 Å². The van der Waals surface area contributed by atoms with E-state index in [0.29, 0.717) is 17.5 Å². The Morgan fingerprint density at radius 1 is 1.40 bits per heavy atom. The maximum absolute atomic E-state index is 11.2. The highest BCUT2D eigenvalue weighted by molar-refractivity contribution is 7.10. The van der Waals surface area contributed by atoms with Crippen LogP contribution < -0.4 is 4.90 Å². The molecule has 0 saturated heterocycles. The first-order valence-corrected chi connectivity index (χ1v) is 6.92. The zero-order chi connectivity index (χ0) is 14.7. The highest BCUT2D eigenvalue weighted by atomic mass is 32.1. The lowest BCUT2D eigenvalue weighted by Gasteiger charge is -2.26. The van der Waals surface area contributed by atoms with E-state index in [1.807, 2.05) is 36.4 Å². The predicted octanol–water partition coefficient (Wildman–Crippen LogP) is 3.67. The minimum absolute atomic E-state index is 0.0239. The molecule has 0 radical (unpaired) electrons. The Labute approximate surface area is 120 Å². The topological polar surface area (TPSA) is 63.5 Å². The van der Waals surface area contributed by atoms with Gasteiger partial charge in [0, 0.05) is 23.6 Å². The van der Waals surface area contributed by atoms with Gasteiger partial charge in [-0.05, 0) is 30.5 Å². The number of nitro groups is 1. The lowest BCUT2D eigenvalue weighted by atomic mass is 10.1. The normalized spacial score (nSPS) is 11.9. The Balaban J connectivity index is 2.41. The number of thiophene rings is 1. The van der Waals surface area contributed by atoms with Crippen LogP contribution in [0.15, 0.2) is 35.7 Å². The van der Waals surface area contributed by atoms with Crippen molar-refractivity contribution in [2.24, 2.45) is 0 Å². The summed E-state index contributed by atoms with van der Waals surface area (Å²) in [4.78, 5) is 24.4. The van der Waals surface area contributed by atoms with E-state index < -0.39 is 4.92 Å². The van der Waals surface area contributed by atoms with Crippen molar-refractivity contribution in [3.05, 3.63) is 56.3 Å². The standard InChI is InChI=1S/C14H14N2O3S/c1-10(14-4-3-7-20-14)15(2)12-6-5-11(9-17)8-13(12)16(18)19/h3-10H,1-2H3. The minimum Gasteiger partial charge on any atom is -0.361 e. The Morgan fingerprint density at radius 2 is 2.15 bits per heavy atom. The second-order valence-electron chi connectivity index (χ2n) is 4.43. The van der Waals surface area contributed by atoms with E-state index in [0.717, 1.165) is 4.88 Å².